The highest BCUT2D eigenvalue weighted by atomic mass is 32.1. The zero-order chi connectivity index (χ0) is 14.4. The summed E-state index contributed by atoms with van der Waals surface area (Å²) < 4.78 is 1.18. The van der Waals surface area contributed by atoms with Crippen LogP contribution < -0.4 is 5.32 Å². The molecule has 3 aliphatic rings. The lowest BCUT2D eigenvalue weighted by Gasteiger charge is -2.49. The Balaban J connectivity index is 1.54. The maximum absolute atomic E-state index is 12.6. The molecule has 2 unspecified atom stereocenters. The van der Waals surface area contributed by atoms with Crippen molar-refractivity contribution in [2.75, 3.05) is 13.1 Å². The standard InChI is InChI=1S/C17H20N2OS/c1-11-16(13-4-7-19(11)8-5-13)18-17(20)14-3-2-12-6-9-21-15(12)10-14/h2-3,6,9-11,13,16H,4-5,7-8H2,1H3,(H,18,20). The second-order valence-electron chi connectivity index (χ2n) is 6.29. The summed E-state index contributed by atoms with van der Waals surface area (Å²) in [5, 5.41) is 6.58. The summed E-state index contributed by atoms with van der Waals surface area (Å²) in [5.74, 6) is 0.732. The van der Waals surface area contributed by atoms with Crippen molar-refractivity contribution in [3.8, 4) is 0 Å². The predicted octanol–water partition coefficient (Wildman–Crippen LogP) is 3.11. The van der Waals surface area contributed by atoms with Crippen LogP contribution in [0, 0.1) is 5.92 Å². The smallest absolute Gasteiger partial charge is 0.251 e. The van der Waals surface area contributed by atoms with E-state index in [1.807, 2.05) is 18.2 Å². The molecule has 4 heteroatoms. The Labute approximate surface area is 128 Å². The normalized spacial score (nSPS) is 31.5. The topological polar surface area (TPSA) is 32.3 Å². The van der Waals surface area contributed by atoms with Gasteiger partial charge in [0.05, 0.1) is 0 Å². The van der Waals surface area contributed by atoms with Gasteiger partial charge in [-0.25, -0.2) is 0 Å². The zero-order valence-corrected chi connectivity index (χ0v) is 13.0. The lowest BCUT2D eigenvalue weighted by atomic mass is 9.79. The van der Waals surface area contributed by atoms with Crippen LogP contribution in [-0.4, -0.2) is 36.0 Å². The second-order valence-corrected chi connectivity index (χ2v) is 7.23. The van der Waals surface area contributed by atoms with Gasteiger partial charge in [-0.2, -0.15) is 0 Å². The Morgan fingerprint density at radius 2 is 2.10 bits per heavy atom. The Hall–Kier alpha value is -1.39. The highest BCUT2D eigenvalue weighted by molar-refractivity contribution is 7.17. The second kappa shape index (κ2) is 5.11. The molecule has 1 aromatic heterocycles. The molecule has 110 valence electrons. The number of nitrogens with one attached hydrogen (secondary N) is 1. The first kappa shape index (κ1) is 13.3. The molecule has 0 saturated carbocycles. The molecule has 1 aromatic carbocycles. The van der Waals surface area contributed by atoms with Crippen LogP contribution in [0.4, 0.5) is 0 Å². The van der Waals surface area contributed by atoms with Crippen LogP contribution in [0.25, 0.3) is 10.1 Å². The summed E-state index contributed by atoms with van der Waals surface area (Å²) in [4.78, 5) is 15.1. The van der Waals surface area contributed by atoms with Crippen molar-refractivity contribution in [3.05, 3.63) is 35.2 Å². The van der Waals surface area contributed by atoms with Crippen LogP contribution in [0.1, 0.15) is 30.1 Å². The van der Waals surface area contributed by atoms with E-state index < -0.39 is 0 Å². The highest BCUT2D eigenvalue weighted by Crippen LogP contribution is 2.32. The molecule has 2 atom stereocenters. The van der Waals surface area contributed by atoms with E-state index in [-0.39, 0.29) is 5.91 Å². The fourth-order valence-corrected chi connectivity index (χ4v) is 4.70. The minimum atomic E-state index is 0.0795. The fraction of sp³-hybridized carbons (Fsp3) is 0.471. The minimum Gasteiger partial charge on any atom is -0.347 e. The predicted molar refractivity (Wildman–Crippen MR) is 86.8 cm³/mol. The van der Waals surface area contributed by atoms with Gasteiger partial charge < -0.3 is 5.32 Å². The number of hydrogen-bond acceptors (Lipinski definition) is 3. The summed E-state index contributed by atoms with van der Waals surface area (Å²) in [6, 6.07) is 8.86. The lowest BCUT2D eigenvalue weighted by molar-refractivity contribution is 0.0217. The van der Waals surface area contributed by atoms with Gasteiger partial charge in [0.1, 0.15) is 0 Å². The molecule has 1 N–H and O–H groups in total. The minimum absolute atomic E-state index is 0.0795. The average molecular weight is 300 g/mol. The van der Waals surface area contributed by atoms with E-state index in [0.29, 0.717) is 18.0 Å². The van der Waals surface area contributed by atoms with Gasteiger partial charge in [0, 0.05) is 22.3 Å². The van der Waals surface area contributed by atoms with Crippen LogP contribution in [0.2, 0.25) is 0 Å². The summed E-state index contributed by atoms with van der Waals surface area (Å²) in [7, 11) is 0. The lowest BCUT2D eigenvalue weighted by Crippen LogP contribution is -2.62. The molecule has 0 radical (unpaired) electrons. The van der Waals surface area contributed by atoms with Crippen molar-refractivity contribution in [3.63, 3.8) is 0 Å². The number of benzene rings is 1. The molecule has 1 amide bonds. The van der Waals surface area contributed by atoms with Crippen LogP contribution in [0.3, 0.4) is 0 Å². The Kier molecular flexibility index (Phi) is 3.23. The quantitative estimate of drug-likeness (QED) is 0.924. The van der Waals surface area contributed by atoms with E-state index in [0.717, 1.165) is 5.56 Å². The number of hydrogen-bond donors (Lipinski definition) is 1. The third-order valence-corrected chi connectivity index (χ3v) is 6.07. The maximum Gasteiger partial charge on any atom is 0.251 e. The third kappa shape index (κ3) is 2.27. The maximum atomic E-state index is 12.6. The van der Waals surface area contributed by atoms with E-state index in [2.05, 4.69) is 28.6 Å². The molecule has 2 aromatic rings. The van der Waals surface area contributed by atoms with E-state index in [9.17, 15) is 4.79 Å². The van der Waals surface area contributed by atoms with Gasteiger partial charge in [-0.15, -0.1) is 11.3 Å². The summed E-state index contributed by atoms with van der Waals surface area (Å²) >= 11 is 1.69. The highest BCUT2D eigenvalue weighted by Gasteiger charge is 2.40. The molecule has 21 heavy (non-hydrogen) atoms. The van der Waals surface area contributed by atoms with Crippen LogP contribution in [-0.2, 0) is 0 Å². The number of thiophene rings is 1. The molecule has 3 fully saturated rings. The van der Waals surface area contributed by atoms with Gasteiger partial charge in [-0.3, -0.25) is 9.69 Å². The van der Waals surface area contributed by atoms with E-state index in [4.69, 9.17) is 0 Å². The molecule has 5 rings (SSSR count). The van der Waals surface area contributed by atoms with Crippen LogP contribution in [0.5, 0.6) is 0 Å². The first-order valence-corrected chi connectivity index (χ1v) is 8.62. The van der Waals surface area contributed by atoms with Gasteiger partial charge in [-0.05, 0) is 67.7 Å². The largest absolute Gasteiger partial charge is 0.347 e. The number of carbonyl (C=O) groups is 1. The molecular formula is C17H20N2OS. The number of carbonyl (C=O) groups excluding carboxylic acids is 1. The molecule has 3 saturated heterocycles. The zero-order valence-electron chi connectivity index (χ0n) is 12.2. The SMILES string of the molecule is CC1C(NC(=O)c2ccc3ccsc3c2)C2CCN1CC2. The van der Waals surface area contributed by atoms with Crippen LogP contribution >= 0.6 is 11.3 Å². The number of piperidine rings is 3. The first-order valence-electron chi connectivity index (χ1n) is 7.74. The van der Waals surface area contributed by atoms with Crippen molar-refractivity contribution >= 4 is 27.3 Å². The van der Waals surface area contributed by atoms with Gasteiger partial charge in [-0.1, -0.05) is 6.07 Å². The molecule has 0 spiro atoms. The number of rotatable bonds is 2. The van der Waals surface area contributed by atoms with Crippen molar-refractivity contribution in [2.45, 2.75) is 31.8 Å². The third-order valence-electron chi connectivity index (χ3n) is 5.19. The fourth-order valence-electron chi connectivity index (χ4n) is 3.88. The van der Waals surface area contributed by atoms with Crippen LogP contribution in [0.15, 0.2) is 29.6 Å². The van der Waals surface area contributed by atoms with Crippen molar-refractivity contribution in [1.82, 2.24) is 10.2 Å². The Morgan fingerprint density at radius 1 is 1.29 bits per heavy atom. The number of fused-ring (bicyclic) bond motifs is 4. The summed E-state index contributed by atoms with van der Waals surface area (Å²) in [6.07, 6.45) is 2.44. The molecule has 4 heterocycles. The van der Waals surface area contributed by atoms with Crippen molar-refractivity contribution in [2.24, 2.45) is 5.92 Å². The molecule has 0 aliphatic carbocycles. The monoisotopic (exact) mass is 300 g/mol. The van der Waals surface area contributed by atoms with Crippen molar-refractivity contribution < 1.29 is 4.79 Å². The molecular weight excluding hydrogens is 280 g/mol. The summed E-state index contributed by atoms with van der Waals surface area (Å²) in [6.45, 7) is 4.64. The van der Waals surface area contributed by atoms with Gasteiger partial charge in [0.15, 0.2) is 0 Å². The van der Waals surface area contributed by atoms with Gasteiger partial charge in [0.25, 0.3) is 5.91 Å². The average Bonchev–Trinajstić information content (AvgIpc) is 2.98. The van der Waals surface area contributed by atoms with Crippen molar-refractivity contribution in [1.29, 1.82) is 0 Å². The summed E-state index contributed by atoms with van der Waals surface area (Å²) in [5.41, 5.74) is 0.786. The first-order chi connectivity index (χ1) is 10.2. The molecule has 3 aliphatic heterocycles. The molecule has 2 bridgehead atoms. The van der Waals surface area contributed by atoms with Gasteiger partial charge in [0.2, 0.25) is 0 Å². The Morgan fingerprint density at radius 3 is 2.86 bits per heavy atom. The molecule has 3 nitrogen and oxygen atoms in total. The van der Waals surface area contributed by atoms with E-state index >= 15 is 0 Å². The van der Waals surface area contributed by atoms with E-state index in [1.54, 1.807) is 11.3 Å². The number of amides is 1. The van der Waals surface area contributed by atoms with Gasteiger partial charge >= 0.3 is 0 Å². The van der Waals surface area contributed by atoms with E-state index in [1.165, 1.54) is 36.0 Å². The number of nitrogens with zero attached hydrogens (tertiary/aromatic N) is 1. The Bertz CT molecular complexity index is 670.